The van der Waals surface area contributed by atoms with E-state index in [1.807, 2.05) is 31.2 Å². The van der Waals surface area contributed by atoms with Crippen molar-refractivity contribution >= 4 is 21.6 Å². The molecular formula is C17H20ClNO3S. The summed E-state index contributed by atoms with van der Waals surface area (Å²) in [6, 6.07) is 12.6. The number of hydrogen-bond donors (Lipinski definition) is 1. The molecule has 0 aliphatic rings. The maximum Gasteiger partial charge on any atom is 0.240 e. The fourth-order valence-electron chi connectivity index (χ4n) is 2.32. The van der Waals surface area contributed by atoms with Crippen molar-refractivity contribution in [1.82, 2.24) is 4.72 Å². The summed E-state index contributed by atoms with van der Waals surface area (Å²) in [5.74, 6) is 0. The molecular weight excluding hydrogens is 334 g/mol. The summed E-state index contributed by atoms with van der Waals surface area (Å²) in [5, 5.41) is 0.547. The molecule has 0 bridgehead atoms. The number of benzene rings is 2. The largest absolute Gasteiger partial charge is 0.375 e. The van der Waals surface area contributed by atoms with Gasteiger partial charge in [-0.15, -0.1) is 0 Å². The fraction of sp³-hybridized carbons (Fsp3) is 0.294. The fourth-order valence-corrected chi connectivity index (χ4v) is 3.93. The van der Waals surface area contributed by atoms with E-state index in [1.54, 1.807) is 25.1 Å². The van der Waals surface area contributed by atoms with Crippen LogP contribution in [0, 0.1) is 13.8 Å². The lowest BCUT2D eigenvalue weighted by molar-refractivity contribution is 0.107. The predicted molar refractivity (Wildman–Crippen MR) is 92.3 cm³/mol. The average Bonchev–Trinajstić information content (AvgIpc) is 2.51. The highest BCUT2D eigenvalue weighted by atomic mass is 35.5. The monoisotopic (exact) mass is 353 g/mol. The minimum absolute atomic E-state index is 0.107. The molecule has 6 heteroatoms. The highest BCUT2D eigenvalue weighted by molar-refractivity contribution is 7.89. The van der Waals surface area contributed by atoms with Gasteiger partial charge in [-0.3, -0.25) is 0 Å². The van der Waals surface area contributed by atoms with E-state index in [9.17, 15) is 8.42 Å². The maximum absolute atomic E-state index is 12.5. The minimum Gasteiger partial charge on any atom is -0.375 e. The van der Waals surface area contributed by atoms with Crippen molar-refractivity contribution in [2.75, 3.05) is 13.7 Å². The van der Waals surface area contributed by atoms with E-state index in [2.05, 4.69) is 4.72 Å². The molecule has 0 heterocycles. The Hall–Kier alpha value is -1.40. The lowest BCUT2D eigenvalue weighted by Gasteiger charge is -2.18. The van der Waals surface area contributed by atoms with E-state index in [1.165, 1.54) is 7.11 Å². The van der Waals surface area contributed by atoms with Gasteiger partial charge >= 0.3 is 0 Å². The third kappa shape index (κ3) is 4.32. The van der Waals surface area contributed by atoms with Crippen molar-refractivity contribution in [3.63, 3.8) is 0 Å². The van der Waals surface area contributed by atoms with E-state index in [0.29, 0.717) is 10.6 Å². The summed E-state index contributed by atoms with van der Waals surface area (Å²) in [7, 11) is -2.08. The summed E-state index contributed by atoms with van der Waals surface area (Å²) in [5.41, 5.74) is 2.35. The number of methoxy groups -OCH3 is 1. The van der Waals surface area contributed by atoms with Crippen molar-refractivity contribution in [2.45, 2.75) is 24.8 Å². The normalized spacial score (nSPS) is 13.0. The first kappa shape index (κ1) is 17.9. The first-order valence-corrected chi connectivity index (χ1v) is 9.05. The van der Waals surface area contributed by atoms with E-state index in [4.69, 9.17) is 16.3 Å². The molecule has 0 aliphatic heterocycles. The lowest BCUT2D eigenvalue weighted by atomic mass is 10.1. The first-order valence-electron chi connectivity index (χ1n) is 7.19. The molecule has 2 aromatic carbocycles. The number of rotatable bonds is 6. The minimum atomic E-state index is -3.61. The molecule has 0 saturated heterocycles. The molecule has 1 N–H and O–H groups in total. The van der Waals surface area contributed by atoms with Crippen LogP contribution in [0.3, 0.4) is 0 Å². The van der Waals surface area contributed by atoms with Crippen molar-refractivity contribution in [3.05, 3.63) is 64.2 Å². The van der Waals surface area contributed by atoms with Crippen molar-refractivity contribution < 1.29 is 13.2 Å². The van der Waals surface area contributed by atoms with Crippen LogP contribution in [0.15, 0.2) is 47.4 Å². The van der Waals surface area contributed by atoms with Crippen LogP contribution >= 0.6 is 11.6 Å². The second kappa shape index (κ2) is 7.45. The van der Waals surface area contributed by atoms with Gasteiger partial charge in [0, 0.05) is 24.2 Å². The summed E-state index contributed by atoms with van der Waals surface area (Å²) < 4.78 is 33.1. The molecule has 1 unspecified atom stereocenters. The van der Waals surface area contributed by atoms with Crippen LogP contribution < -0.4 is 4.72 Å². The van der Waals surface area contributed by atoms with Gasteiger partial charge < -0.3 is 4.74 Å². The van der Waals surface area contributed by atoms with Gasteiger partial charge in [-0.1, -0.05) is 41.9 Å². The molecule has 23 heavy (non-hydrogen) atoms. The number of ether oxygens (including phenoxy) is 1. The molecule has 2 rings (SSSR count). The van der Waals surface area contributed by atoms with Gasteiger partial charge in [0.1, 0.15) is 0 Å². The Labute approximate surface area is 142 Å². The van der Waals surface area contributed by atoms with Gasteiger partial charge in [0.05, 0.1) is 11.0 Å². The molecule has 4 nitrogen and oxygen atoms in total. The predicted octanol–water partition coefficient (Wildman–Crippen LogP) is 3.62. The number of nitrogens with one attached hydrogen (secondary N) is 1. The molecule has 0 aromatic heterocycles. The van der Waals surface area contributed by atoms with Crippen molar-refractivity contribution in [2.24, 2.45) is 0 Å². The molecule has 0 saturated carbocycles. The molecule has 0 amide bonds. The average molecular weight is 354 g/mol. The zero-order valence-corrected chi connectivity index (χ0v) is 14.9. The third-order valence-electron chi connectivity index (χ3n) is 3.63. The Morgan fingerprint density at radius 1 is 1.17 bits per heavy atom. The van der Waals surface area contributed by atoms with Gasteiger partial charge in [0.15, 0.2) is 0 Å². The quantitative estimate of drug-likeness (QED) is 0.862. The van der Waals surface area contributed by atoms with E-state index < -0.39 is 16.1 Å². The van der Waals surface area contributed by atoms with Crippen molar-refractivity contribution in [3.8, 4) is 0 Å². The van der Waals surface area contributed by atoms with Gasteiger partial charge in [-0.2, -0.15) is 0 Å². The number of sulfonamides is 1. The smallest absolute Gasteiger partial charge is 0.240 e. The molecule has 124 valence electrons. The zero-order chi connectivity index (χ0) is 17.0. The van der Waals surface area contributed by atoms with Crippen LogP contribution in [0.25, 0.3) is 0 Å². The Morgan fingerprint density at radius 2 is 1.87 bits per heavy atom. The summed E-state index contributed by atoms with van der Waals surface area (Å²) in [6.07, 6.45) is -0.455. The van der Waals surface area contributed by atoms with Crippen LogP contribution in [0.5, 0.6) is 0 Å². The SMILES string of the molecule is COC(CNS(=O)(=O)c1cc(C)ccc1C)c1ccccc1Cl. The maximum atomic E-state index is 12.5. The van der Waals surface area contributed by atoms with Crippen LogP contribution in [0.1, 0.15) is 22.8 Å². The van der Waals surface area contributed by atoms with E-state index in [0.717, 1.165) is 11.1 Å². The van der Waals surface area contributed by atoms with E-state index >= 15 is 0 Å². The second-order valence-electron chi connectivity index (χ2n) is 5.37. The standard InChI is InChI=1S/C17H20ClNO3S/c1-12-8-9-13(2)17(10-12)23(20,21)19-11-16(22-3)14-6-4-5-7-15(14)18/h4-10,16,19H,11H2,1-3H3. The summed E-state index contributed by atoms with van der Waals surface area (Å²) in [4.78, 5) is 0.284. The number of halogens is 1. The summed E-state index contributed by atoms with van der Waals surface area (Å²) >= 11 is 6.15. The Bertz CT molecular complexity index is 790. The number of aryl methyl sites for hydroxylation is 2. The van der Waals surface area contributed by atoms with Crippen LogP contribution in [-0.4, -0.2) is 22.1 Å². The first-order chi connectivity index (χ1) is 10.8. The van der Waals surface area contributed by atoms with Gasteiger partial charge in [0.25, 0.3) is 0 Å². The van der Waals surface area contributed by atoms with Gasteiger partial charge in [-0.05, 0) is 37.1 Å². The van der Waals surface area contributed by atoms with E-state index in [-0.39, 0.29) is 11.4 Å². The van der Waals surface area contributed by atoms with Gasteiger partial charge in [-0.25, -0.2) is 13.1 Å². The lowest BCUT2D eigenvalue weighted by Crippen LogP contribution is -2.30. The highest BCUT2D eigenvalue weighted by Crippen LogP contribution is 2.25. The number of hydrogen-bond acceptors (Lipinski definition) is 3. The molecule has 0 fully saturated rings. The second-order valence-corrected chi connectivity index (χ2v) is 7.51. The molecule has 0 aliphatic carbocycles. The Morgan fingerprint density at radius 3 is 2.52 bits per heavy atom. The van der Waals surface area contributed by atoms with Gasteiger partial charge in [0.2, 0.25) is 10.0 Å². The molecule has 0 radical (unpaired) electrons. The Balaban J connectivity index is 2.21. The zero-order valence-electron chi connectivity index (χ0n) is 13.3. The molecule has 0 spiro atoms. The molecule has 1 atom stereocenters. The third-order valence-corrected chi connectivity index (χ3v) is 5.54. The van der Waals surface area contributed by atoms with Crippen LogP contribution in [0.4, 0.5) is 0 Å². The highest BCUT2D eigenvalue weighted by Gasteiger charge is 2.21. The molecule has 2 aromatic rings. The van der Waals surface area contributed by atoms with Crippen molar-refractivity contribution in [1.29, 1.82) is 0 Å². The topological polar surface area (TPSA) is 55.4 Å². The van der Waals surface area contributed by atoms with Crippen LogP contribution in [-0.2, 0) is 14.8 Å². The Kier molecular flexibility index (Phi) is 5.81. The van der Waals surface area contributed by atoms with Crippen LogP contribution in [0.2, 0.25) is 5.02 Å². The summed E-state index contributed by atoms with van der Waals surface area (Å²) in [6.45, 7) is 3.74.